The molecule has 3 aromatic rings. The molecule has 4 rings (SSSR count). The van der Waals surface area contributed by atoms with E-state index in [1.807, 2.05) is 72.2 Å². The zero-order valence-electron chi connectivity index (χ0n) is 28.6. The number of amides is 4. The second-order valence-corrected chi connectivity index (χ2v) is 14.3. The number of benzene rings is 2. The van der Waals surface area contributed by atoms with Gasteiger partial charge in [0.1, 0.15) is 12.6 Å². The molecule has 49 heavy (non-hydrogen) atoms. The molecule has 1 aromatic heterocycles. The second-order valence-electron chi connectivity index (χ2n) is 12.3. The summed E-state index contributed by atoms with van der Waals surface area (Å²) in [6, 6.07) is 18.1. The lowest BCUT2D eigenvalue weighted by Gasteiger charge is -2.27. The number of rotatable bonds is 18. The third-order valence-corrected chi connectivity index (χ3v) is 10.00. The molecule has 1 aliphatic rings. The number of thiazole rings is 1. The van der Waals surface area contributed by atoms with E-state index >= 15 is 0 Å². The third kappa shape index (κ3) is 13.1. The van der Waals surface area contributed by atoms with Crippen molar-refractivity contribution in [2.45, 2.75) is 70.1 Å². The Morgan fingerprint density at radius 1 is 0.939 bits per heavy atom. The maximum Gasteiger partial charge on any atom is 0.407 e. The number of ether oxygens (including phenoxy) is 2. The van der Waals surface area contributed by atoms with Crippen LogP contribution in [-0.2, 0) is 33.7 Å². The van der Waals surface area contributed by atoms with Crippen molar-refractivity contribution in [1.29, 1.82) is 0 Å². The van der Waals surface area contributed by atoms with E-state index in [0.717, 1.165) is 32.6 Å². The highest BCUT2D eigenvalue weighted by Crippen LogP contribution is 2.20. The van der Waals surface area contributed by atoms with Crippen LogP contribution < -0.4 is 21.3 Å². The van der Waals surface area contributed by atoms with Crippen LogP contribution in [0.25, 0.3) is 0 Å². The molecule has 3 unspecified atom stereocenters. The summed E-state index contributed by atoms with van der Waals surface area (Å²) in [7, 11) is 3.17. The average molecular weight is 709 g/mol. The topological polar surface area (TPSA) is 134 Å². The van der Waals surface area contributed by atoms with Crippen LogP contribution >= 0.6 is 23.1 Å². The van der Waals surface area contributed by atoms with E-state index in [9.17, 15) is 14.4 Å². The lowest BCUT2D eigenvalue weighted by atomic mass is 9.96. The largest absolute Gasteiger partial charge is 0.444 e. The molecule has 4 N–H and O–H groups in total. The van der Waals surface area contributed by atoms with Gasteiger partial charge in [0.15, 0.2) is 0 Å². The van der Waals surface area contributed by atoms with E-state index in [4.69, 9.17) is 9.47 Å². The molecular weight excluding hydrogens is 661 g/mol. The molecule has 4 amide bonds. The highest BCUT2D eigenvalue weighted by molar-refractivity contribution is 8.03. The molecule has 11 nitrogen and oxygen atoms in total. The summed E-state index contributed by atoms with van der Waals surface area (Å²) in [6.07, 6.45) is 3.70. The van der Waals surface area contributed by atoms with Crippen molar-refractivity contribution < 1.29 is 23.9 Å². The fourth-order valence-corrected chi connectivity index (χ4v) is 6.78. The Morgan fingerprint density at radius 3 is 2.12 bits per heavy atom. The summed E-state index contributed by atoms with van der Waals surface area (Å²) in [5.74, 6) is 0.734. The van der Waals surface area contributed by atoms with Gasteiger partial charge in [0, 0.05) is 48.6 Å². The van der Waals surface area contributed by atoms with Crippen molar-refractivity contribution >= 4 is 41.1 Å². The monoisotopic (exact) mass is 708 g/mol. The summed E-state index contributed by atoms with van der Waals surface area (Å²) < 4.78 is 10.9. The van der Waals surface area contributed by atoms with Crippen LogP contribution in [0.5, 0.6) is 0 Å². The first-order chi connectivity index (χ1) is 23.7. The molecule has 0 saturated heterocycles. The molecule has 2 aromatic carbocycles. The number of nitrogens with zero attached hydrogens (tertiary/aromatic N) is 2. The minimum Gasteiger partial charge on any atom is -0.444 e. The van der Waals surface area contributed by atoms with Gasteiger partial charge in [-0.05, 0) is 36.8 Å². The number of nitrogens with one attached hydrogen (secondary N) is 4. The summed E-state index contributed by atoms with van der Waals surface area (Å²) in [5, 5.41) is 15.1. The third-order valence-electron chi connectivity index (χ3n) is 7.89. The fraction of sp³-hybridized carbons (Fsp3) is 0.444. The van der Waals surface area contributed by atoms with Gasteiger partial charge in [-0.2, -0.15) is 0 Å². The van der Waals surface area contributed by atoms with Crippen LogP contribution in [0.1, 0.15) is 54.4 Å². The summed E-state index contributed by atoms with van der Waals surface area (Å²) in [6.45, 7) is 4.70. The van der Waals surface area contributed by atoms with Crippen molar-refractivity contribution in [3.05, 3.63) is 99.0 Å². The predicted molar refractivity (Wildman–Crippen MR) is 195 cm³/mol. The van der Waals surface area contributed by atoms with Gasteiger partial charge in [0.25, 0.3) is 0 Å². The van der Waals surface area contributed by atoms with E-state index in [0.29, 0.717) is 38.1 Å². The Kier molecular flexibility index (Phi) is 15.3. The van der Waals surface area contributed by atoms with E-state index < -0.39 is 18.2 Å². The van der Waals surface area contributed by atoms with Crippen LogP contribution in [0, 0.1) is 0 Å². The van der Waals surface area contributed by atoms with Crippen molar-refractivity contribution in [3.8, 4) is 0 Å². The highest BCUT2D eigenvalue weighted by Gasteiger charge is 2.26. The summed E-state index contributed by atoms with van der Waals surface area (Å²) in [5.41, 5.74) is 2.95. The Morgan fingerprint density at radius 2 is 1.57 bits per heavy atom. The van der Waals surface area contributed by atoms with E-state index in [1.165, 1.54) is 12.0 Å². The zero-order valence-corrected chi connectivity index (χ0v) is 30.3. The van der Waals surface area contributed by atoms with Crippen molar-refractivity contribution in [3.63, 3.8) is 0 Å². The number of methoxy groups -OCH3 is 1. The smallest absolute Gasteiger partial charge is 0.407 e. The number of hydrogen-bond donors (Lipinski definition) is 4. The minimum atomic E-state index is -0.912. The molecule has 2 heterocycles. The highest BCUT2D eigenvalue weighted by atomic mass is 32.2. The van der Waals surface area contributed by atoms with Gasteiger partial charge >= 0.3 is 12.1 Å². The van der Waals surface area contributed by atoms with Gasteiger partial charge in [0.2, 0.25) is 5.91 Å². The molecule has 3 atom stereocenters. The molecule has 264 valence electrons. The van der Waals surface area contributed by atoms with Crippen LogP contribution in [0.3, 0.4) is 0 Å². The van der Waals surface area contributed by atoms with Gasteiger partial charge in [0.05, 0.1) is 29.7 Å². The van der Waals surface area contributed by atoms with Gasteiger partial charge in [-0.1, -0.05) is 74.5 Å². The van der Waals surface area contributed by atoms with Crippen LogP contribution in [0.2, 0.25) is 0 Å². The van der Waals surface area contributed by atoms with Crippen LogP contribution in [0.4, 0.5) is 9.59 Å². The number of thioether (sulfide) groups is 1. The summed E-state index contributed by atoms with van der Waals surface area (Å²) in [4.78, 5) is 46.8. The van der Waals surface area contributed by atoms with E-state index in [1.54, 1.807) is 30.1 Å². The molecule has 0 bridgehead atoms. The zero-order chi connectivity index (χ0) is 35.0. The van der Waals surface area contributed by atoms with Crippen LogP contribution in [0.15, 0.2) is 77.1 Å². The Labute approximate surface area is 297 Å². The van der Waals surface area contributed by atoms with Crippen molar-refractivity contribution in [2.75, 3.05) is 33.2 Å². The normalized spacial score (nSPS) is 14.3. The fourth-order valence-electron chi connectivity index (χ4n) is 5.30. The lowest BCUT2D eigenvalue weighted by molar-refractivity contribution is -0.125. The standard InChI is InChI=1S/C36H48N6O5S2/c1-25(2)34-39-30(23-48-34)20-42(3)35(44)41-32(22-46-4)33(43)38-28(17-26-11-7-5-8-12-26)15-16-29(18-27-13-9-6-10-14-27)40-36(45)47-21-31-19-37-24-49-31/h5-14,19,23,25,28-29,32,37H,15-18,20-22,24H2,1-4H3,(H,38,43)(H,40,45)(H,41,44). The first kappa shape index (κ1) is 37.7. The number of hydrogen-bond acceptors (Lipinski definition) is 9. The first-order valence-corrected chi connectivity index (χ1v) is 18.4. The minimum absolute atomic E-state index is 0.00589. The van der Waals surface area contributed by atoms with Gasteiger partial charge in [-0.25, -0.2) is 14.6 Å². The Balaban J connectivity index is 1.41. The molecule has 1 aliphatic heterocycles. The van der Waals surface area contributed by atoms with Gasteiger partial charge in [-0.3, -0.25) is 4.79 Å². The quantitative estimate of drug-likeness (QED) is 0.138. The molecule has 0 fully saturated rings. The number of aromatic nitrogens is 1. The Hall–Kier alpha value is -4.07. The maximum atomic E-state index is 13.7. The molecule has 0 saturated carbocycles. The Bertz CT molecular complexity index is 1500. The number of alkyl carbamates (subject to hydrolysis) is 1. The summed E-state index contributed by atoms with van der Waals surface area (Å²) >= 11 is 3.18. The first-order valence-electron chi connectivity index (χ1n) is 16.5. The molecule has 0 radical (unpaired) electrons. The van der Waals surface area contributed by atoms with Gasteiger partial charge in [-0.15, -0.1) is 23.1 Å². The molecular formula is C36H48N6O5S2. The van der Waals surface area contributed by atoms with Crippen molar-refractivity contribution in [1.82, 2.24) is 31.2 Å². The number of carbonyl (C=O) groups excluding carboxylic acids is 3. The molecule has 0 aliphatic carbocycles. The van der Waals surface area contributed by atoms with Crippen LogP contribution in [-0.4, -0.2) is 79.3 Å². The van der Waals surface area contributed by atoms with E-state index in [-0.39, 0.29) is 31.2 Å². The number of urea groups is 1. The predicted octanol–water partition coefficient (Wildman–Crippen LogP) is 5.40. The van der Waals surface area contributed by atoms with Crippen molar-refractivity contribution in [2.24, 2.45) is 0 Å². The molecule has 13 heteroatoms. The molecule has 0 spiro atoms. The second kappa shape index (κ2) is 19.8. The maximum absolute atomic E-state index is 13.7. The van der Waals surface area contributed by atoms with Gasteiger partial charge < -0.3 is 35.6 Å². The number of carbonyl (C=O) groups is 3. The van der Waals surface area contributed by atoms with E-state index in [2.05, 4.69) is 40.1 Å². The SMILES string of the molecule is COCC(NC(=O)N(C)Cc1csc(C(C)C)n1)C(=O)NC(CCC(Cc1ccccc1)NC(=O)OCC1=CNCS1)Cc1ccccc1. The lowest BCUT2D eigenvalue weighted by Crippen LogP contribution is -2.54. The average Bonchev–Trinajstić information content (AvgIpc) is 3.80.